The molecule has 2 aromatic carbocycles. The van der Waals surface area contributed by atoms with Crippen molar-refractivity contribution < 1.29 is 14.4 Å². The summed E-state index contributed by atoms with van der Waals surface area (Å²) < 4.78 is 13.1. The van der Waals surface area contributed by atoms with Crippen LogP contribution in [0.15, 0.2) is 36.4 Å². The highest BCUT2D eigenvalue weighted by atomic mass is 35.5. The fraction of sp³-hybridized carbons (Fsp3) is 0.0714. The van der Waals surface area contributed by atoms with Crippen molar-refractivity contribution in [3.63, 3.8) is 0 Å². The van der Waals surface area contributed by atoms with Crippen LogP contribution in [0.2, 0.25) is 5.02 Å². The van der Waals surface area contributed by atoms with E-state index in [1.54, 1.807) is 0 Å². The Morgan fingerprint density at radius 1 is 1.35 bits per heavy atom. The smallest absolute Gasteiger partial charge is 0.270 e. The Morgan fingerprint density at radius 3 is 2.74 bits per heavy atom. The van der Waals surface area contributed by atoms with Gasteiger partial charge in [0.05, 0.1) is 9.95 Å². The van der Waals surface area contributed by atoms with Gasteiger partial charge >= 0.3 is 0 Å². The summed E-state index contributed by atoms with van der Waals surface area (Å²) in [4.78, 5) is 10.2. The van der Waals surface area contributed by atoms with Crippen molar-refractivity contribution in [2.24, 2.45) is 0 Å². The van der Waals surface area contributed by atoms with E-state index in [1.807, 2.05) is 0 Å². The standard InChI is InChI=1S/C14H11ClFN3O3S/c15-11-6-9(1-3-12(11)16)18-14(23)17-7-8-5-10(19(21)22)2-4-13(8)20/h1-6,20H,7H2,(H2,17,18,23). The van der Waals surface area contributed by atoms with Crippen molar-refractivity contribution in [3.05, 3.63) is 62.9 Å². The number of aromatic hydroxyl groups is 1. The molecule has 0 saturated carbocycles. The second-order valence-corrected chi connectivity index (χ2v) is 5.32. The zero-order valence-electron chi connectivity index (χ0n) is 11.5. The zero-order chi connectivity index (χ0) is 17.0. The predicted molar refractivity (Wildman–Crippen MR) is 89.2 cm³/mol. The molecule has 0 aromatic heterocycles. The zero-order valence-corrected chi connectivity index (χ0v) is 13.1. The van der Waals surface area contributed by atoms with Gasteiger partial charge in [0, 0.05) is 29.9 Å². The van der Waals surface area contributed by atoms with Gasteiger partial charge in [0.1, 0.15) is 11.6 Å². The molecule has 2 aromatic rings. The summed E-state index contributed by atoms with van der Waals surface area (Å²) in [6, 6.07) is 7.72. The molecule has 0 spiro atoms. The maximum absolute atomic E-state index is 13.1. The molecule has 2 rings (SSSR count). The van der Waals surface area contributed by atoms with Crippen molar-refractivity contribution in [1.29, 1.82) is 0 Å². The highest BCUT2D eigenvalue weighted by Gasteiger charge is 2.10. The molecule has 3 N–H and O–H groups in total. The maximum atomic E-state index is 13.1. The SMILES string of the molecule is O=[N+]([O-])c1ccc(O)c(CNC(=S)Nc2ccc(F)c(Cl)c2)c1. The van der Waals surface area contributed by atoms with Gasteiger partial charge < -0.3 is 15.7 Å². The van der Waals surface area contributed by atoms with Crippen molar-refractivity contribution in [2.75, 3.05) is 5.32 Å². The third kappa shape index (κ3) is 4.51. The summed E-state index contributed by atoms with van der Waals surface area (Å²) in [5.74, 6) is -0.631. The maximum Gasteiger partial charge on any atom is 0.270 e. The Labute approximate surface area is 141 Å². The number of thiocarbonyl (C=S) groups is 1. The van der Waals surface area contributed by atoms with Crippen LogP contribution in [0.3, 0.4) is 0 Å². The summed E-state index contributed by atoms with van der Waals surface area (Å²) in [6.07, 6.45) is 0. The van der Waals surface area contributed by atoms with E-state index >= 15 is 0 Å². The molecular formula is C14H11ClFN3O3S. The number of nitrogens with one attached hydrogen (secondary N) is 2. The molecule has 23 heavy (non-hydrogen) atoms. The Bertz CT molecular complexity index is 773. The van der Waals surface area contributed by atoms with Crippen LogP contribution in [0.1, 0.15) is 5.56 Å². The minimum atomic E-state index is -0.556. The number of rotatable bonds is 4. The van der Waals surface area contributed by atoms with E-state index < -0.39 is 10.7 Å². The van der Waals surface area contributed by atoms with E-state index in [1.165, 1.54) is 36.4 Å². The van der Waals surface area contributed by atoms with E-state index in [-0.39, 0.29) is 28.1 Å². The molecule has 0 saturated heterocycles. The van der Waals surface area contributed by atoms with Crippen LogP contribution in [0.4, 0.5) is 15.8 Å². The minimum Gasteiger partial charge on any atom is -0.508 e. The number of nitro groups is 1. The number of hydrogen-bond donors (Lipinski definition) is 3. The van der Waals surface area contributed by atoms with E-state index in [4.69, 9.17) is 23.8 Å². The Balaban J connectivity index is 2.00. The second kappa shape index (κ2) is 7.21. The lowest BCUT2D eigenvalue weighted by atomic mass is 10.2. The van der Waals surface area contributed by atoms with Crippen molar-refractivity contribution >= 4 is 40.3 Å². The summed E-state index contributed by atoms with van der Waals surface area (Å²) >= 11 is 10.7. The first-order chi connectivity index (χ1) is 10.9. The molecule has 9 heteroatoms. The summed E-state index contributed by atoms with van der Waals surface area (Å²) in [7, 11) is 0. The number of hydrogen-bond acceptors (Lipinski definition) is 4. The molecule has 0 aliphatic rings. The third-order valence-electron chi connectivity index (χ3n) is 2.89. The molecule has 0 amide bonds. The molecule has 120 valence electrons. The largest absolute Gasteiger partial charge is 0.508 e. The lowest BCUT2D eigenvalue weighted by molar-refractivity contribution is -0.384. The lowest BCUT2D eigenvalue weighted by Crippen LogP contribution is -2.27. The molecule has 0 aliphatic heterocycles. The van der Waals surface area contributed by atoms with Crippen molar-refractivity contribution in [1.82, 2.24) is 5.32 Å². The highest BCUT2D eigenvalue weighted by molar-refractivity contribution is 7.80. The van der Waals surface area contributed by atoms with Gasteiger partial charge in [-0.05, 0) is 36.5 Å². The molecule has 0 atom stereocenters. The van der Waals surface area contributed by atoms with Crippen LogP contribution < -0.4 is 10.6 Å². The third-order valence-corrected chi connectivity index (χ3v) is 3.43. The van der Waals surface area contributed by atoms with E-state index in [2.05, 4.69) is 10.6 Å². The molecule has 0 bridgehead atoms. The first kappa shape index (κ1) is 16.9. The van der Waals surface area contributed by atoms with Gasteiger partial charge in [0.2, 0.25) is 0 Å². The van der Waals surface area contributed by atoms with Gasteiger partial charge in [-0.25, -0.2) is 4.39 Å². The Hall–Kier alpha value is -2.45. The topological polar surface area (TPSA) is 87.4 Å². The number of anilines is 1. The molecule has 0 aliphatic carbocycles. The van der Waals surface area contributed by atoms with Gasteiger partial charge in [-0.3, -0.25) is 10.1 Å². The molecule has 0 unspecified atom stereocenters. The average molecular weight is 356 g/mol. The number of non-ortho nitro benzene ring substituents is 1. The monoisotopic (exact) mass is 355 g/mol. The van der Waals surface area contributed by atoms with Gasteiger partial charge in [-0.2, -0.15) is 0 Å². The van der Waals surface area contributed by atoms with E-state index in [0.29, 0.717) is 11.3 Å². The van der Waals surface area contributed by atoms with E-state index in [0.717, 1.165) is 0 Å². The first-order valence-corrected chi connectivity index (χ1v) is 7.11. The predicted octanol–water partition coefficient (Wildman–Crippen LogP) is 3.58. The summed E-state index contributed by atoms with van der Waals surface area (Å²) in [6.45, 7) is 0.0777. The normalized spacial score (nSPS) is 10.2. The second-order valence-electron chi connectivity index (χ2n) is 4.51. The number of phenolic OH excluding ortho intramolecular Hbond substituents is 1. The molecular weight excluding hydrogens is 345 g/mol. The fourth-order valence-corrected chi connectivity index (χ4v) is 2.12. The van der Waals surface area contributed by atoms with Crippen LogP contribution in [0.25, 0.3) is 0 Å². The van der Waals surface area contributed by atoms with Crippen LogP contribution in [-0.4, -0.2) is 15.1 Å². The highest BCUT2D eigenvalue weighted by Crippen LogP contribution is 2.23. The van der Waals surface area contributed by atoms with Gasteiger partial charge in [0.25, 0.3) is 5.69 Å². The summed E-state index contributed by atoms with van der Waals surface area (Å²) in [5.41, 5.74) is 0.668. The van der Waals surface area contributed by atoms with Crippen LogP contribution in [0.5, 0.6) is 5.75 Å². The molecule has 0 heterocycles. The molecule has 0 radical (unpaired) electrons. The number of nitrogens with zero attached hydrogens (tertiary/aromatic N) is 1. The van der Waals surface area contributed by atoms with Gasteiger partial charge in [-0.1, -0.05) is 11.6 Å². The lowest BCUT2D eigenvalue weighted by Gasteiger charge is -2.11. The van der Waals surface area contributed by atoms with Crippen molar-refractivity contribution in [3.8, 4) is 5.75 Å². The Morgan fingerprint density at radius 2 is 2.09 bits per heavy atom. The van der Waals surface area contributed by atoms with Gasteiger partial charge in [-0.15, -0.1) is 0 Å². The number of phenols is 1. The minimum absolute atomic E-state index is 0.0471. The number of nitro benzene ring substituents is 1. The quantitative estimate of drug-likeness (QED) is 0.441. The first-order valence-electron chi connectivity index (χ1n) is 6.33. The Kier molecular flexibility index (Phi) is 5.30. The van der Waals surface area contributed by atoms with E-state index in [9.17, 15) is 19.6 Å². The fourth-order valence-electron chi connectivity index (χ4n) is 1.75. The van der Waals surface area contributed by atoms with Gasteiger partial charge in [0.15, 0.2) is 5.11 Å². The molecule has 6 nitrogen and oxygen atoms in total. The van der Waals surface area contributed by atoms with Crippen LogP contribution in [0, 0.1) is 15.9 Å². The number of halogens is 2. The van der Waals surface area contributed by atoms with Crippen molar-refractivity contribution in [2.45, 2.75) is 6.54 Å². The summed E-state index contributed by atoms with van der Waals surface area (Å²) in [5, 5.41) is 26.2. The average Bonchev–Trinajstić information content (AvgIpc) is 2.50. The van der Waals surface area contributed by atoms with Crippen LogP contribution in [-0.2, 0) is 6.54 Å². The van der Waals surface area contributed by atoms with Crippen LogP contribution >= 0.6 is 23.8 Å². The molecule has 0 fully saturated rings. The number of benzene rings is 2.